The number of aryl methyl sites for hydroxylation is 2. The van der Waals surface area contributed by atoms with E-state index in [-0.39, 0.29) is 35.1 Å². The van der Waals surface area contributed by atoms with Crippen molar-refractivity contribution in [1.82, 2.24) is 0 Å². The Labute approximate surface area is 192 Å². The first kappa shape index (κ1) is 22.4. The highest BCUT2D eigenvalue weighted by Gasteiger charge is 2.50. The Morgan fingerprint density at radius 1 is 1.06 bits per heavy atom. The predicted molar refractivity (Wildman–Crippen MR) is 129 cm³/mol. The number of para-hydroxylation sites is 1. The molecule has 0 spiro atoms. The molecule has 0 radical (unpaired) electrons. The third-order valence-electron chi connectivity index (χ3n) is 5.79. The molecule has 2 heterocycles. The maximum atomic E-state index is 12.8. The van der Waals surface area contributed by atoms with Gasteiger partial charge in [-0.1, -0.05) is 73.6 Å². The summed E-state index contributed by atoms with van der Waals surface area (Å²) in [7, 11) is -3.11. The van der Waals surface area contributed by atoms with Gasteiger partial charge in [0.15, 0.2) is 15.0 Å². The van der Waals surface area contributed by atoms with Crippen molar-refractivity contribution < 1.29 is 13.2 Å². The van der Waals surface area contributed by atoms with Crippen LogP contribution in [0.4, 0.5) is 5.69 Å². The van der Waals surface area contributed by atoms with Crippen LogP contribution in [0, 0.1) is 0 Å². The van der Waals surface area contributed by atoms with Crippen molar-refractivity contribution in [1.29, 1.82) is 0 Å². The Balaban J connectivity index is 1.75. The minimum atomic E-state index is -3.11. The minimum Gasteiger partial charge on any atom is -0.315 e. The number of amidine groups is 1. The van der Waals surface area contributed by atoms with E-state index in [0.717, 1.165) is 35.2 Å². The monoisotopic (exact) mass is 476 g/mol. The molecule has 164 valence electrons. The lowest BCUT2D eigenvalue weighted by molar-refractivity contribution is -0.117. The van der Waals surface area contributed by atoms with E-state index < -0.39 is 9.84 Å². The molecule has 2 atom stereocenters. The van der Waals surface area contributed by atoms with Crippen molar-refractivity contribution in [3.05, 3.63) is 64.2 Å². The van der Waals surface area contributed by atoms with Gasteiger partial charge in [-0.25, -0.2) is 8.42 Å². The molecule has 0 bridgehead atoms. The summed E-state index contributed by atoms with van der Waals surface area (Å²) in [5, 5.41) is 1.02. The lowest BCUT2D eigenvalue weighted by Gasteiger charge is -2.29. The van der Waals surface area contributed by atoms with Gasteiger partial charge in [0.1, 0.15) is 0 Å². The van der Waals surface area contributed by atoms with Gasteiger partial charge in [-0.2, -0.15) is 4.99 Å². The summed E-state index contributed by atoms with van der Waals surface area (Å²) in [6, 6.07) is 13.2. The van der Waals surface area contributed by atoms with Gasteiger partial charge in [0, 0.05) is 16.0 Å². The number of benzene rings is 2. The summed E-state index contributed by atoms with van der Waals surface area (Å²) in [6.45, 7) is 4.17. The molecule has 0 aliphatic carbocycles. The first-order valence-electron chi connectivity index (χ1n) is 10.4. The number of rotatable bonds is 5. The van der Waals surface area contributed by atoms with E-state index in [1.54, 1.807) is 6.07 Å². The maximum Gasteiger partial charge on any atom is 0.252 e. The van der Waals surface area contributed by atoms with Gasteiger partial charge in [0.25, 0.3) is 5.91 Å². The van der Waals surface area contributed by atoms with E-state index in [1.165, 1.54) is 11.8 Å². The first-order valence-corrected chi connectivity index (χ1v) is 13.5. The van der Waals surface area contributed by atoms with Gasteiger partial charge >= 0.3 is 0 Å². The van der Waals surface area contributed by atoms with Crippen LogP contribution >= 0.6 is 23.4 Å². The van der Waals surface area contributed by atoms with Crippen LogP contribution in [0.3, 0.4) is 0 Å². The molecule has 0 unspecified atom stereocenters. The van der Waals surface area contributed by atoms with Crippen LogP contribution in [0.25, 0.3) is 0 Å². The average Bonchev–Trinajstić information content (AvgIpc) is 3.19. The number of hydrogen-bond donors (Lipinski definition) is 0. The van der Waals surface area contributed by atoms with Gasteiger partial charge in [-0.05, 0) is 35.6 Å². The number of carbonyl (C=O) groups is 1. The molecule has 2 aromatic carbocycles. The quantitative estimate of drug-likeness (QED) is 0.643. The third kappa shape index (κ3) is 4.54. The third-order valence-corrected chi connectivity index (χ3v) is 9.37. The number of carbonyl (C=O) groups excluding carboxylic acids is 1. The lowest BCUT2D eigenvalue weighted by atomic mass is 10.0. The van der Waals surface area contributed by atoms with Crippen LogP contribution in [-0.4, -0.2) is 42.3 Å². The van der Waals surface area contributed by atoms with E-state index in [4.69, 9.17) is 11.6 Å². The topological polar surface area (TPSA) is 66.8 Å². The van der Waals surface area contributed by atoms with E-state index in [0.29, 0.717) is 10.2 Å². The summed E-state index contributed by atoms with van der Waals surface area (Å²) in [5.74, 6) is -0.0777. The van der Waals surface area contributed by atoms with Gasteiger partial charge < -0.3 is 4.90 Å². The summed E-state index contributed by atoms with van der Waals surface area (Å²) in [4.78, 5) is 19.3. The number of sulfone groups is 1. The van der Waals surface area contributed by atoms with E-state index in [1.807, 2.05) is 29.2 Å². The number of fused-ring (bicyclic) bond motifs is 1. The predicted octanol–water partition coefficient (Wildman–Crippen LogP) is 4.31. The molecule has 0 N–H and O–H groups in total. The van der Waals surface area contributed by atoms with Crippen molar-refractivity contribution in [2.45, 2.75) is 44.4 Å². The van der Waals surface area contributed by atoms with Crippen molar-refractivity contribution >= 4 is 50.0 Å². The number of thioether (sulfide) groups is 1. The van der Waals surface area contributed by atoms with Gasteiger partial charge in [-0.15, -0.1) is 0 Å². The zero-order valence-electron chi connectivity index (χ0n) is 17.5. The highest BCUT2D eigenvalue weighted by atomic mass is 35.5. The highest BCUT2D eigenvalue weighted by molar-refractivity contribution is 8.16. The van der Waals surface area contributed by atoms with E-state index in [9.17, 15) is 13.2 Å². The standard InChI is InChI=1S/C23H25ClN2O3S2/c1-3-15-9-7-10-16(4-2)22(15)26-19-13-31(28,29)14-20(19)30-23(26)25-21(27)12-17-8-5-6-11-18(17)24/h5-11,19-20H,3-4,12-14H2,1-2H3/t19-,20+/m0/s1. The Kier molecular flexibility index (Phi) is 6.47. The fourth-order valence-electron chi connectivity index (χ4n) is 4.30. The Morgan fingerprint density at radius 2 is 1.71 bits per heavy atom. The van der Waals surface area contributed by atoms with Crippen molar-refractivity contribution in [2.75, 3.05) is 16.4 Å². The molecule has 2 saturated heterocycles. The van der Waals surface area contributed by atoms with Crippen molar-refractivity contribution in [3.8, 4) is 0 Å². The van der Waals surface area contributed by atoms with Crippen molar-refractivity contribution in [2.24, 2.45) is 4.99 Å². The number of halogens is 1. The second kappa shape index (κ2) is 8.96. The molecular weight excluding hydrogens is 452 g/mol. The molecule has 5 nitrogen and oxygen atoms in total. The molecule has 4 rings (SSSR count). The minimum absolute atomic E-state index is 0.0869. The summed E-state index contributed by atoms with van der Waals surface area (Å²) in [5.41, 5.74) is 4.01. The zero-order chi connectivity index (χ0) is 22.2. The Morgan fingerprint density at radius 3 is 2.35 bits per heavy atom. The van der Waals surface area contributed by atoms with Crippen LogP contribution in [-0.2, 0) is 33.9 Å². The van der Waals surface area contributed by atoms with Crippen LogP contribution in [0.15, 0.2) is 47.5 Å². The Hall–Kier alpha value is -1.83. The lowest BCUT2D eigenvalue weighted by Crippen LogP contribution is -2.39. The molecule has 0 aromatic heterocycles. The molecule has 2 aliphatic heterocycles. The number of anilines is 1. The fourth-order valence-corrected chi connectivity index (χ4v) is 8.42. The molecule has 2 aliphatic rings. The van der Waals surface area contributed by atoms with E-state index >= 15 is 0 Å². The Bertz CT molecular complexity index is 1130. The summed E-state index contributed by atoms with van der Waals surface area (Å²) >= 11 is 7.63. The number of nitrogens with zero attached hydrogens (tertiary/aromatic N) is 2. The number of aliphatic imine (C=N–C) groups is 1. The molecule has 31 heavy (non-hydrogen) atoms. The largest absolute Gasteiger partial charge is 0.315 e. The number of amides is 1. The van der Waals surface area contributed by atoms with Gasteiger partial charge in [-0.3, -0.25) is 4.79 Å². The average molecular weight is 477 g/mol. The fraction of sp³-hybridized carbons (Fsp3) is 0.391. The van der Waals surface area contributed by atoms with Crippen LogP contribution < -0.4 is 4.90 Å². The van der Waals surface area contributed by atoms with E-state index in [2.05, 4.69) is 31.0 Å². The molecule has 8 heteroatoms. The second-order valence-corrected chi connectivity index (χ2v) is 11.6. The van der Waals surface area contributed by atoms with Crippen LogP contribution in [0.1, 0.15) is 30.5 Å². The molecule has 1 amide bonds. The smallest absolute Gasteiger partial charge is 0.252 e. The molecule has 2 aromatic rings. The molecule has 2 fully saturated rings. The molecule has 0 saturated carbocycles. The second-order valence-electron chi connectivity index (χ2n) is 7.86. The maximum absolute atomic E-state index is 12.8. The summed E-state index contributed by atoms with van der Waals surface area (Å²) in [6.07, 6.45) is 1.74. The van der Waals surface area contributed by atoms with Gasteiger partial charge in [0.2, 0.25) is 0 Å². The zero-order valence-corrected chi connectivity index (χ0v) is 19.9. The molecular formula is C23H25ClN2O3S2. The summed E-state index contributed by atoms with van der Waals surface area (Å²) < 4.78 is 24.8. The van der Waals surface area contributed by atoms with Crippen LogP contribution in [0.5, 0.6) is 0 Å². The highest BCUT2D eigenvalue weighted by Crippen LogP contribution is 2.43. The van der Waals surface area contributed by atoms with Gasteiger partial charge in [0.05, 0.1) is 24.0 Å². The normalized spacial score (nSPS) is 23.3. The SMILES string of the molecule is CCc1cccc(CC)c1N1C(=NC(=O)Cc2ccccc2Cl)S[C@@H]2CS(=O)(=O)C[C@@H]21. The number of hydrogen-bond acceptors (Lipinski definition) is 4. The van der Waals surface area contributed by atoms with Crippen LogP contribution in [0.2, 0.25) is 5.02 Å². The van der Waals surface area contributed by atoms with Crippen molar-refractivity contribution in [3.63, 3.8) is 0 Å². The first-order chi connectivity index (χ1) is 14.8.